The van der Waals surface area contributed by atoms with Crippen LogP contribution in [-0.4, -0.2) is 12.6 Å². The van der Waals surface area contributed by atoms with Crippen LogP contribution < -0.4 is 11.1 Å². The van der Waals surface area contributed by atoms with Crippen LogP contribution in [0.2, 0.25) is 10.0 Å². The van der Waals surface area contributed by atoms with Crippen LogP contribution in [0.1, 0.15) is 6.92 Å². The number of halogens is 2. The molecule has 0 aliphatic carbocycles. The van der Waals surface area contributed by atoms with Crippen molar-refractivity contribution in [1.29, 1.82) is 0 Å². The third kappa shape index (κ3) is 3.43. The lowest BCUT2D eigenvalue weighted by molar-refractivity contribution is 0.804. The molecule has 3 N–H and O–H groups in total. The summed E-state index contributed by atoms with van der Waals surface area (Å²) in [6.07, 6.45) is 0. The first-order valence-electron chi connectivity index (χ1n) is 4.04. The number of nitrogens with two attached hydrogens (primary N) is 1. The summed E-state index contributed by atoms with van der Waals surface area (Å²) in [5.74, 6) is 0. The van der Waals surface area contributed by atoms with Crippen LogP contribution in [0.5, 0.6) is 0 Å². The van der Waals surface area contributed by atoms with E-state index < -0.39 is 0 Å². The van der Waals surface area contributed by atoms with Gasteiger partial charge in [-0.1, -0.05) is 23.2 Å². The van der Waals surface area contributed by atoms with Crippen molar-refractivity contribution in [3.05, 3.63) is 28.2 Å². The Morgan fingerprint density at radius 1 is 1.31 bits per heavy atom. The lowest BCUT2D eigenvalue weighted by atomic mass is 10.2. The minimum atomic E-state index is 0.217. The van der Waals surface area contributed by atoms with E-state index in [4.69, 9.17) is 28.9 Å². The van der Waals surface area contributed by atoms with Gasteiger partial charge in [0.05, 0.1) is 0 Å². The van der Waals surface area contributed by atoms with E-state index in [1.165, 1.54) is 0 Å². The molecule has 0 saturated carbocycles. The maximum Gasteiger partial charge on any atom is 0.0441 e. The molecular weight excluding hydrogens is 207 g/mol. The molecular formula is C9H12Cl2N2. The summed E-state index contributed by atoms with van der Waals surface area (Å²) in [4.78, 5) is 0. The van der Waals surface area contributed by atoms with Crippen LogP contribution in [0.15, 0.2) is 18.2 Å². The number of hydrogen-bond donors (Lipinski definition) is 2. The molecule has 1 unspecified atom stereocenters. The predicted molar refractivity (Wildman–Crippen MR) is 58.6 cm³/mol. The SMILES string of the molecule is CC(CN)Nc1cc(Cl)cc(Cl)c1. The maximum absolute atomic E-state index is 5.82. The fraction of sp³-hybridized carbons (Fsp3) is 0.333. The highest BCUT2D eigenvalue weighted by Gasteiger charge is 2.01. The van der Waals surface area contributed by atoms with Crippen LogP contribution in [0.3, 0.4) is 0 Å². The number of rotatable bonds is 3. The van der Waals surface area contributed by atoms with Gasteiger partial charge >= 0.3 is 0 Å². The zero-order valence-corrected chi connectivity index (χ0v) is 8.86. The van der Waals surface area contributed by atoms with Crippen molar-refractivity contribution in [3.8, 4) is 0 Å². The Bertz CT molecular complexity index is 269. The van der Waals surface area contributed by atoms with E-state index in [1.807, 2.05) is 19.1 Å². The summed E-state index contributed by atoms with van der Waals surface area (Å²) in [5, 5.41) is 4.43. The van der Waals surface area contributed by atoms with Gasteiger partial charge in [0.25, 0.3) is 0 Å². The van der Waals surface area contributed by atoms with Crippen molar-refractivity contribution in [1.82, 2.24) is 0 Å². The van der Waals surface area contributed by atoms with Crippen LogP contribution >= 0.6 is 23.2 Å². The molecule has 0 aromatic heterocycles. The molecule has 1 aromatic rings. The summed E-state index contributed by atoms with van der Waals surface area (Å²) in [7, 11) is 0. The fourth-order valence-corrected chi connectivity index (χ4v) is 1.51. The molecule has 1 atom stereocenters. The second-order valence-electron chi connectivity index (χ2n) is 2.94. The Hall–Kier alpha value is -0.440. The van der Waals surface area contributed by atoms with Crippen LogP contribution in [0, 0.1) is 0 Å². The Balaban J connectivity index is 2.77. The summed E-state index contributed by atoms with van der Waals surface area (Å²) < 4.78 is 0. The molecule has 1 rings (SSSR count). The molecule has 0 aliphatic rings. The number of anilines is 1. The van der Waals surface area contributed by atoms with Gasteiger partial charge in [0.1, 0.15) is 0 Å². The number of nitrogens with one attached hydrogen (secondary N) is 1. The zero-order valence-electron chi connectivity index (χ0n) is 7.35. The molecule has 0 saturated heterocycles. The van der Waals surface area contributed by atoms with Gasteiger partial charge in [-0.25, -0.2) is 0 Å². The van der Waals surface area contributed by atoms with Gasteiger partial charge in [0, 0.05) is 28.3 Å². The van der Waals surface area contributed by atoms with Crippen molar-refractivity contribution in [3.63, 3.8) is 0 Å². The van der Waals surface area contributed by atoms with Gasteiger partial charge in [-0.3, -0.25) is 0 Å². The summed E-state index contributed by atoms with van der Waals surface area (Å²) in [5.41, 5.74) is 6.37. The quantitative estimate of drug-likeness (QED) is 0.820. The second-order valence-corrected chi connectivity index (χ2v) is 3.81. The Morgan fingerprint density at radius 3 is 2.31 bits per heavy atom. The third-order valence-corrected chi connectivity index (χ3v) is 2.07. The standard InChI is InChI=1S/C9H12Cl2N2/c1-6(5-12)13-9-3-7(10)2-8(11)4-9/h2-4,6,13H,5,12H2,1H3. The van der Waals surface area contributed by atoms with Crippen molar-refractivity contribution >= 4 is 28.9 Å². The smallest absolute Gasteiger partial charge is 0.0441 e. The molecule has 13 heavy (non-hydrogen) atoms. The van der Waals surface area contributed by atoms with Gasteiger partial charge < -0.3 is 11.1 Å². The lowest BCUT2D eigenvalue weighted by Crippen LogP contribution is -2.25. The van der Waals surface area contributed by atoms with Crippen LogP contribution in [0.25, 0.3) is 0 Å². The molecule has 0 amide bonds. The van der Waals surface area contributed by atoms with Gasteiger partial charge in [-0.05, 0) is 25.1 Å². The van der Waals surface area contributed by atoms with Crippen molar-refractivity contribution in [2.75, 3.05) is 11.9 Å². The summed E-state index contributed by atoms with van der Waals surface area (Å²) >= 11 is 11.6. The molecule has 4 heteroatoms. The molecule has 0 heterocycles. The number of hydrogen-bond acceptors (Lipinski definition) is 2. The maximum atomic E-state index is 5.82. The van der Waals surface area contributed by atoms with Gasteiger partial charge in [0.2, 0.25) is 0 Å². The minimum absolute atomic E-state index is 0.217. The largest absolute Gasteiger partial charge is 0.381 e. The van der Waals surface area contributed by atoms with Gasteiger partial charge in [0.15, 0.2) is 0 Å². The molecule has 1 aromatic carbocycles. The molecule has 72 valence electrons. The Labute approximate surface area is 88.0 Å². The molecule has 0 spiro atoms. The fourth-order valence-electron chi connectivity index (χ4n) is 0.981. The highest BCUT2D eigenvalue weighted by atomic mass is 35.5. The molecule has 0 fully saturated rings. The molecule has 0 bridgehead atoms. The average Bonchev–Trinajstić information content (AvgIpc) is 2.02. The van der Waals surface area contributed by atoms with Crippen LogP contribution in [0.4, 0.5) is 5.69 Å². The van der Waals surface area contributed by atoms with E-state index in [0.717, 1.165) is 5.69 Å². The van der Waals surface area contributed by atoms with E-state index in [9.17, 15) is 0 Å². The summed E-state index contributed by atoms with van der Waals surface area (Å²) in [6, 6.07) is 5.55. The molecule has 0 radical (unpaired) electrons. The molecule has 2 nitrogen and oxygen atoms in total. The topological polar surface area (TPSA) is 38.0 Å². The van der Waals surface area contributed by atoms with Crippen molar-refractivity contribution < 1.29 is 0 Å². The Morgan fingerprint density at radius 2 is 1.85 bits per heavy atom. The highest BCUT2D eigenvalue weighted by Crippen LogP contribution is 2.22. The normalized spacial score (nSPS) is 12.6. The predicted octanol–water partition coefficient (Wildman–Crippen LogP) is 2.75. The minimum Gasteiger partial charge on any atom is -0.381 e. The first-order valence-corrected chi connectivity index (χ1v) is 4.80. The van der Waals surface area contributed by atoms with Gasteiger partial charge in [-0.15, -0.1) is 0 Å². The lowest BCUT2D eigenvalue weighted by Gasteiger charge is -2.13. The first-order chi connectivity index (χ1) is 6.11. The van der Waals surface area contributed by atoms with E-state index in [1.54, 1.807) is 6.07 Å². The van der Waals surface area contributed by atoms with Crippen molar-refractivity contribution in [2.45, 2.75) is 13.0 Å². The van der Waals surface area contributed by atoms with Crippen molar-refractivity contribution in [2.24, 2.45) is 5.73 Å². The molecule has 0 aliphatic heterocycles. The first kappa shape index (κ1) is 10.6. The highest BCUT2D eigenvalue weighted by molar-refractivity contribution is 6.35. The van der Waals surface area contributed by atoms with E-state index in [0.29, 0.717) is 16.6 Å². The number of benzene rings is 1. The summed E-state index contributed by atoms with van der Waals surface area (Å²) in [6.45, 7) is 2.57. The van der Waals surface area contributed by atoms with E-state index in [2.05, 4.69) is 5.32 Å². The van der Waals surface area contributed by atoms with E-state index in [-0.39, 0.29) is 6.04 Å². The average molecular weight is 219 g/mol. The second kappa shape index (κ2) is 4.70. The van der Waals surface area contributed by atoms with Gasteiger partial charge in [-0.2, -0.15) is 0 Å². The zero-order chi connectivity index (χ0) is 9.84. The monoisotopic (exact) mass is 218 g/mol. The Kier molecular flexibility index (Phi) is 3.85. The van der Waals surface area contributed by atoms with Crippen LogP contribution in [-0.2, 0) is 0 Å². The third-order valence-electron chi connectivity index (χ3n) is 1.63. The van der Waals surface area contributed by atoms with E-state index >= 15 is 0 Å².